The van der Waals surface area contributed by atoms with Crippen LogP contribution in [0.2, 0.25) is 0 Å². The third-order valence-electron chi connectivity index (χ3n) is 3.13. The molecule has 0 aliphatic carbocycles. The van der Waals surface area contributed by atoms with Gasteiger partial charge in [0.05, 0.1) is 4.92 Å². The number of aromatic nitrogens is 2. The largest absolute Gasteiger partial charge is 0.357 e. The Kier molecular flexibility index (Phi) is 3.84. The van der Waals surface area contributed by atoms with Crippen LogP contribution in [0, 0.1) is 36.7 Å². The number of benzene rings is 1. The first-order chi connectivity index (χ1) is 9.85. The minimum atomic E-state index is -0.581. The van der Waals surface area contributed by atoms with Crippen LogP contribution in [0.4, 0.5) is 16.0 Å². The average Bonchev–Trinajstić information content (AvgIpc) is 2.36. The first kappa shape index (κ1) is 14.8. The smallest absolute Gasteiger partial charge is 0.316 e. The Morgan fingerprint density at radius 1 is 1.24 bits per heavy atom. The SMILES string of the molecule is CNc1nc(C)c([N+](=O)[O-])c(-c2c(C)cc(C)cc2F)n1. The Balaban J connectivity index is 2.85. The Morgan fingerprint density at radius 3 is 2.43 bits per heavy atom. The van der Waals surface area contributed by atoms with E-state index in [-0.39, 0.29) is 28.6 Å². The summed E-state index contributed by atoms with van der Waals surface area (Å²) in [5.41, 5.74) is 1.38. The van der Waals surface area contributed by atoms with E-state index in [1.54, 1.807) is 27.0 Å². The molecule has 0 bridgehead atoms. The van der Waals surface area contributed by atoms with Crippen molar-refractivity contribution in [2.75, 3.05) is 12.4 Å². The minimum absolute atomic E-state index is 0.00755. The zero-order chi connectivity index (χ0) is 15.7. The van der Waals surface area contributed by atoms with E-state index in [1.165, 1.54) is 13.0 Å². The minimum Gasteiger partial charge on any atom is -0.357 e. The zero-order valence-electron chi connectivity index (χ0n) is 12.2. The molecule has 1 N–H and O–H groups in total. The van der Waals surface area contributed by atoms with Gasteiger partial charge in [0.1, 0.15) is 11.5 Å². The summed E-state index contributed by atoms with van der Waals surface area (Å²) < 4.78 is 14.3. The van der Waals surface area contributed by atoms with E-state index < -0.39 is 10.7 Å². The van der Waals surface area contributed by atoms with E-state index in [2.05, 4.69) is 15.3 Å². The normalized spacial score (nSPS) is 10.5. The van der Waals surface area contributed by atoms with Gasteiger partial charge in [-0.05, 0) is 38.0 Å². The van der Waals surface area contributed by atoms with Crippen molar-refractivity contribution in [3.8, 4) is 11.3 Å². The van der Waals surface area contributed by atoms with Crippen molar-refractivity contribution < 1.29 is 9.31 Å². The molecule has 0 amide bonds. The summed E-state index contributed by atoms with van der Waals surface area (Å²) >= 11 is 0. The topological polar surface area (TPSA) is 81.0 Å². The van der Waals surface area contributed by atoms with Crippen LogP contribution >= 0.6 is 0 Å². The summed E-state index contributed by atoms with van der Waals surface area (Å²) in [6.07, 6.45) is 0. The van der Waals surface area contributed by atoms with Crippen molar-refractivity contribution >= 4 is 11.6 Å². The molecule has 0 saturated heterocycles. The van der Waals surface area contributed by atoms with Crippen molar-refractivity contribution in [3.05, 3.63) is 44.9 Å². The number of nitrogens with zero attached hydrogens (tertiary/aromatic N) is 3. The van der Waals surface area contributed by atoms with Gasteiger partial charge in [-0.15, -0.1) is 0 Å². The fourth-order valence-corrected chi connectivity index (χ4v) is 2.29. The van der Waals surface area contributed by atoms with Gasteiger partial charge in [0, 0.05) is 12.6 Å². The van der Waals surface area contributed by atoms with Crippen molar-refractivity contribution in [2.24, 2.45) is 0 Å². The maximum absolute atomic E-state index is 14.3. The molecule has 0 spiro atoms. The Bertz CT molecular complexity index is 708. The van der Waals surface area contributed by atoms with Crippen molar-refractivity contribution in [3.63, 3.8) is 0 Å². The van der Waals surface area contributed by atoms with Crippen molar-refractivity contribution in [1.29, 1.82) is 0 Å². The predicted molar refractivity (Wildman–Crippen MR) is 77.8 cm³/mol. The Hall–Kier alpha value is -2.57. The molecular weight excluding hydrogens is 275 g/mol. The number of hydrogen-bond acceptors (Lipinski definition) is 5. The molecule has 2 aromatic rings. The van der Waals surface area contributed by atoms with Crippen LogP contribution in [0.5, 0.6) is 0 Å². The molecule has 1 aromatic carbocycles. The molecule has 110 valence electrons. The predicted octanol–water partition coefficient (Wildman–Crippen LogP) is 3.16. The zero-order valence-corrected chi connectivity index (χ0v) is 12.2. The molecule has 0 atom stereocenters. The Labute approximate surface area is 121 Å². The molecule has 0 fully saturated rings. The maximum Gasteiger partial charge on any atom is 0.316 e. The number of hydrogen-bond donors (Lipinski definition) is 1. The molecule has 0 saturated carbocycles. The molecule has 6 nitrogen and oxygen atoms in total. The molecule has 0 aliphatic rings. The monoisotopic (exact) mass is 290 g/mol. The highest BCUT2D eigenvalue weighted by atomic mass is 19.1. The second kappa shape index (κ2) is 5.43. The first-order valence-corrected chi connectivity index (χ1v) is 6.33. The summed E-state index contributed by atoms with van der Waals surface area (Å²) in [5.74, 6) is -0.316. The quantitative estimate of drug-likeness (QED) is 0.693. The average molecular weight is 290 g/mol. The lowest BCUT2D eigenvalue weighted by Crippen LogP contribution is -2.06. The third kappa shape index (κ3) is 2.67. The van der Waals surface area contributed by atoms with Gasteiger partial charge in [-0.1, -0.05) is 6.07 Å². The van der Waals surface area contributed by atoms with E-state index >= 15 is 0 Å². The molecule has 2 rings (SSSR count). The van der Waals surface area contributed by atoms with Gasteiger partial charge in [-0.2, -0.15) is 0 Å². The molecule has 1 aromatic heterocycles. The summed E-state index contributed by atoms with van der Waals surface area (Å²) in [6, 6.07) is 3.10. The number of nitrogens with one attached hydrogen (secondary N) is 1. The lowest BCUT2D eigenvalue weighted by atomic mass is 10.0. The second-order valence-corrected chi connectivity index (χ2v) is 4.78. The van der Waals surface area contributed by atoms with Gasteiger partial charge in [0.25, 0.3) is 0 Å². The van der Waals surface area contributed by atoms with Crippen LogP contribution in [-0.4, -0.2) is 21.9 Å². The maximum atomic E-state index is 14.3. The van der Waals surface area contributed by atoms with Crippen molar-refractivity contribution in [2.45, 2.75) is 20.8 Å². The molecular formula is C14H15FN4O2. The van der Waals surface area contributed by atoms with Crippen LogP contribution < -0.4 is 5.32 Å². The van der Waals surface area contributed by atoms with Gasteiger partial charge in [0.15, 0.2) is 5.69 Å². The van der Waals surface area contributed by atoms with Crippen LogP contribution in [0.25, 0.3) is 11.3 Å². The number of rotatable bonds is 3. The van der Waals surface area contributed by atoms with Crippen molar-refractivity contribution in [1.82, 2.24) is 9.97 Å². The van der Waals surface area contributed by atoms with E-state index in [1.807, 2.05) is 0 Å². The second-order valence-electron chi connectivity index (χ2n) is 4.78. The van der Waals surface area contributed by atoms with E-state index in [0.717, 1.165) is 5.56 Å². The highest BCUT2D eigenvalue weighted by molar-refractivity contribution is 5.75. The lowest BCUT2D eigenvalue weighted by molar-refractivity contribution is -0.385. The van der Waals surface area contributed by atoms with E-state index in [4.69, 9.17) is 0 Å². The Morgan fingerprint density at radius 2 is 1.90 bits per heavy atom. The summed E-state index contributed by atoms with van der Waals surface area (Å²) in [7, 11) is 1.60. The lowest BCUT2D eigenvalue weighted by Gasteiger charge is -2.11. The number of nitro groups is 1. The van der Waals surface area contributed by atoms with Gasteiger partial charge in [-0.25, -0.2) is 14.4 Å². The van der Waals surface area contributed by atoms with Crippen LogP contribution in [0.3, 0.4) is 0 Å². The molecule has 0 unspecified atom stereocenters. The summed E-state index contributed by atoms with van der Waals surface area (Å²) in [6.45, 7) is 4.97. The van der Waals surface area contributed by atoms with Crippen LogP contribution in [-0.2, 0) is 0 Å². The third-order valence-corrected chi connectivity index (χ3v) is 3.13. The fourth-order valence-electron chi connectivity index (χ4n) is 2.29. The number of aryl methyl sites for hydroxylation is 3. The molecule has 1 heterocycles. The highest BCUT2D eigenvalue weighted by Crippen LogP contribution is 2.35. The number of anilines is 1. The fraction of sp³-hybridized carbons (Fsp3) is 0.286. The molecule has 0 aliphatic heterocycles. The highest BCUT2D eigenvalue weighted by Gasteiger charge is 2.26. The summed E-state index contributed by atoms with van der Waals surface area (Å²) in [4.78, 5) is 18.8. The number of halogens is 1. The molecule has 21 heavy (non-hydrogen) atoms. The standard InChI is InChI=1S/C14H15FN4O2/c1-7-5-8(2)11(10(15)6-7)12-13(19(20)21)9(3)17-14(16-4)18-12/h5-6H,1-4H3,(H,16,17,18). The van der Waals surface area contributed by atoms with Crippen LogP contribution in [0.1, 0.15) is 16.8 Å². The van der Waals surface area contributed by atoms with Gasteiger partial charge in [-0.3, -0.25) is 10.1 Å². The molecule has 7 heteroatoms. The first-order valence-electron chi connectivity index (χ1n) is 6.33. The summed E-state index contributed by atoms with van der Waals surface area (Å²) in [5, 5.41) is 14.0. The van der Waals surface area contributed by atoms with Gasteiger partial charge >= 0.3 is 5.69 Å². The molecule has 0 radical (unpaired) electrons. The van der Waals surface area contributed by atoms with Gasteiger partial charge in [0.2, 0.25) is 5.95 Å². The van der Waals surface area contributed by atoms with Gasteiger partial charge < -0.3 is 5.32 Å². The van der Waals surface area contributed by atoms with E-state index in [9.17, 15) is 14.5 Å². The van der Waals surface area contributed by atoms with E-state index in [0.29, 0.717) is 5.56 Å². The van der Waals surface area contributed by atoms with Crippen LogP contribution in [0.15, 0.2) is 12.1 Å².